The van der Waals surface area contributed by atoms with Gasteiger partial charge in [0.25, 0.3) is 5.91 Å². The SMILES string of the molecule is C[C@@H]1C[C@H](C)CN(S(=O)(=O)c2ccc(C(=O)N3CCN(Cc4ccccc4)CC3)cc2)C1. The van der Waals surface area contributed by atoms with E-state index in [1.165, 1.54) is 5.56 Å². The summed E-state index contributed by atoms with van der Waals surface area (Å²) in [7, 11) is -3.53. The van der Waals surface area contributed by atoms with E-state index in [0.717, 1.165) is 26.1 Å². The van der Waals surface area contributed by atoms with Crippen LogP contribution < -0.4 is 0 Å². The number of hydrogen-bond donors (Lipinski definition) is 0. The molecular weight excluding hydrogens is 422 g/mol. The zero-order chi connectivity index (χ0) is 22.7. The molecule has 2 fully saturated rings. The van der Waals surface area contributed by atoms with Gasteiger partial charge in [0, 0.05) is 51.4 Å². The quantitative estimate of drug-likeness (QED) is 0.694. The van der Waals surface area contributed by atoms with Gasteiger partial charge in [-0.1, -0.05) is 44.2 Å². The number of hydrogen-bond acceptors (Lipinski definition) is 4. The van der Waals surface area contributed by atoms with Crippen LogP contribution in [-0.4, -0.2) is 67.7 Å². The Labute approximate surface area is 191 Å². The number of rotatable bonds is 5. The Morgan fingerprint density at radius 1 is 0.875 bits per heavy atom. The molecule has 0 aliphatic carbocycles. The molecule has 0 spiro atoms. The van der Waals surface area contributed by atoms with Crippen molar-refractivity contribution >= 4 is 15.9 Å². The first-order valence-corrected chi connectivity index (χ1v) is 12.9. The Kier molecular flexibility index (Phi) is 6.98. The fourth-order valence-electron chi connectivity index (χ4n) is 4.85. The van der Waals surface area contributed by atoms with Gasteiger partial charge in [0.05, 0.1) is 4.90 Å². The van der Waals surface area contributed by atoms with E-state index in [4.69, 9.17) is 0 Å². The second-order valence-corrected chi connectivity index (χ2v) is 11.3. The first kappa shape index (κ1) is 23.0. The molecule has 2 aliphatic heterocycles. The Balaban J connectivity index is 1.36. The van der Waals surface area contributed by atoms with Crippen molar-refractivity contribution in [3.63, 3.8) is 0 Å². The van der Waals surface area contributed by atoms with Crippen LogP contribution in [0.15, 0.2) is 59.5 Å². The minimum Gasteiger partial charge on any atom is -0.336 e. The summed E-state index contributed by atoms with van der Waals surface area (Å²) in [5.41, 5.74) is 1.82. The molecule has 2 atom stereocenters. The van der Waals surface area contributed by atoms with Crippen LogP contribution in [0.25, 0.3) is 0 Å². The highest BCUT2D eigenvalue weighted by Gasteiger charge is 2.32. The number of amides is 1. The van der Waals surface area contributed by atoms with Crippen LogP contribution in [0.4, 0.5) is 0 Å². The standard InChI is InChI=1S/C25H33N3O3S/c1-20-16-21(2)18-28(17-20)32(30,31)24-10-8-23(9-11-24)25(29)27-14-12-26(13-15-27)19-22-6-4-3-5-7-22/h3-11,20-21H,12-19H2,1-2H3/t20-,21+. The third-order valence-corrected chi connectivity index (χ3v) is 8.33. The maximum absolute atomic E-state index is 13.1. The maximum atomic E-state index is 13.1. The predicted octanol–water partition coefficient (Wildman–Crippen LogP) is 3.31. The van der Waals surface area contributed by atoms with Gasteiger partial charge in [-0.2, -0.15) is 4.31 Å². The lowest BCUT2D eigenvalue weighted by Gasteiger charge is -2.35. The van der Waals surface area contributed by atoms with Crippen molar-refractivity contribution in [3.05, 3.63) is 65.7 Å². The zero-order valence-electron chi connectivity index (χ0n) is 19.0. The molecule has 6 nitrogen and oxygen atoms in total. The highest BCUT2D eigenvalue weighted by Crippen LogP contribution is 2.27. The molecule has 0 radical (unpaired) electrons. The summed E-state index contributed by atoms with van der Waals surface area (Å²) < 4.78 is 27.7. The largest absolute Gasteiger partial charge is 0.336 e. The molecule has 0 bridgehead atoms. The Morgan fingerprint density at radius 3 is 2.06 bits per heavy atom. The van der Waals surface area contributed by atoms with Crippen molar-refractivity contribution in [1.29, 1.82) is 0 Å². The smallest absolute Gasteiger partial charge is 0.253 e. The van der Waals surface area contributed by atoms with E-state index in [2.05, 4.69) is 30.9 Å². The molecule has 32 heavy (non-hydrogen) atoms. The molecule has 0 N–H and O–H groups in total. The lowest BCUT2D eigenvalue weighted by molar-refractivity contribution is 0.0628. The first-order valence-electron chi connectivity index (χ1n) is 11.5. The van der Waals surface area contributed by atoms with Gasteiger partial charge in [-0.3, -0.25) is 9.69 Å². The van der Waals surface area contributed by atoms with E-state index < -0.39 is 10.0 Å². The van der Waals surface area contributed by atoms with Gasteiger partial charge in [-0.05, 0) is 48.1 Å². The van der Waals surface area contributed by atoms with Crippen molar-refractivity contribution in [3.8, 4) is 0 Å². The van der Waals surface area contributed by atoms with E-state index in [9.17, 15) is 13.2 Å². The number of piperazine rings is 1. The summed E-state index contributed by atoms with van der Waals surface area (Å²) in [5, 5.41) is 0. The summed E-state index contributed by atoms with van der Waals surface area (Å²) in [6.45, 7) is 9.21. The van der Waals surface area contributed by atoms with Crippen LogP contribution in [0.1, 0.15) is 36.2 Å². The molecular formula is C25H33N3O3S. The fourth-order valence-corrected chi connectivity index (χ4v) is 6.53. The highest BCUT2D eigenvalue weighted by atomic mass is 32.2. The molecule has 2 heterocycles. The molecule has 2 aliphatic rings. The van der Waals surface area contributed by atoms with E-state index in [1.54, 1.807) is 28.6 Å². The van der Waals surface area contributed by atoms with Crippen LogP contribution >= 0.6 is 0 Å². The summed E-state index contributed by atoms with van der Waals surface area (Å²) >= 11 is 0. The number of nitrogens with zero attached hydrogens (tertiary/aromatic N) is 3. The Bertz CT molecular complexity index is 1010. The van der Waals surface area contributed by atoms with Gasteiger partial charge in [-0.25, -0.2) is 8.42 Å². The minimum atomic E-state index is -3.53. The van der Waals surface area contributed by atoms with E-state index in [1.807, 2.05) is 23.1 Å². The number of piperidine rings is 1. The predicted molar refractivity (Wildman–Crippen MR) is 126 cm³/mol. The summed E-state index contributed by atoms with van der Waals surface area (Å²) in [5.74, 6) is 0.679. The summed E-state index contributed by atoms with van der Waals surface area (Å²) in [4.78, 5) is 17.4. The van der Waals surface area contributed by atoms with Crippen molar-refractivity contribution in [2.75, 3.05) is 39.3 Å². The van der Waals surface area contributed by atoms with Gasteiger partial charge < -0.3 is 4.90 Å². The molecule has 7 heteroatoms. The van der Waals surface area contributed by atoms with Gasteiger partial charge in [0.15, 0.2) is 0 Å². The normalized spacial score (nSPS) is 23.2. The van der Waals surface area contributed by atoms with E-state index >= 15 is 0 Å². The molecule has 0 unspecified atom stereocenters. The molecule has 2 saturated heterocycles. The van der Waals surface area contributed by atoms with Crippen molar-refractivity contribution in [1.82, 2.24) is 14.1 Å². The third kappa shape index (κ3) is 5.22. The van der Waals surface area contributed by atoms with Gasteiger partial charge in [0.1, 0.15) is 0 Å². The molecule has 0 saturated carbocycles. The average molecular weight is 456 g/mol. The van der Waals surface area contributed by atoms with Crippen molar-refractivity contribution in [2.24, 2.45) is 11.8 Å². The molecule has 2 aromatic rings. The molecule has 4 rings (SSSR count). The van der Waals surface area contributed by atoms with Crippen molar-refractivity contribution < 1.29 is 13.2 Å². The number of carbonyl (C=O) groups is 1. The zero-order valence-corrected chi connectivity index (χ0v) is 19.8. The second-order valence-electron chi connectivity index (χ2n) is 9.35. The van der Waals surface area contributed by atoms with Crippen LogP contribution in [0, 0.1) is 11.8 Å². The van der Waals surface area contributed by atoms with Gasteiger partial charge >= 0.3 is 0 Å². The number of carbonyl (C=O) groups excluding carboxylic acids is 1. The van der Waals surface area contributed by atoms with Crippen LogP contribution in [0.2, 0.25) is 0 Å². The maximum Gasteiger partial charge on any atom is 0.253 e. The molecule has 2 aromatic carbocycles. The monoisotopic (exact) mass is 455 g/mol. The summed E-state index contributed by atoms with van der Waals surface area (Å²) in [6, 6.07) is 16.8. The molecule has 1 amide bonds. The van der Waals surface area contributed by atoms with E-state index in [-0.39, 0.29) is 10.8 Å². The van der Waals surface area contributed by atoms with Crippen LogP contribution in [0.3, 0.4) is 0 Å². The molecule has 172 valence electrons. The third-order valence-electron chi connectivity index (χ3n) is 6.48. The topological polar surface area (TPSA) is 60.9 Å². The highest BCUT2D eigenvalue weighted by molar-refractivity contribution is 7.89. The second kappa shape index (κ2) is 9.73. The van der Waals surface area contributed by atoms with Gasteiger partial charge in [-0.15, -0.1) is 0 Å². The Morgan fingerprint density at radius 2 is 1.47 bits per heavy atom. The van der Waals surface area contributed by atoms with Crippen LogP contribution in [0.5, 0.6) is 0 Å². The van der Waals surface area contributed by atoms with Gasteiger partial charge in [0.2, 0.25) is 10.0 Å². The van der Waals surface area contributed by atoms with E-state index in [0.29, 0.717) is 43.6 Å². The fraction of sp³-hybridized carbons (Fsp3) is 0.480. The number of sulfonamides is 1. The summed E-state index contributed by atoms with van der Waals surface area (Å²) in [6.07, 6.45) is 1.05. The molecule has 0 aromatic heterocycles. The Hall–Kier alpha value is -2.22. The lowest BCUT2D eigenvalue weighted by Crippen LogP contribution is -2.48. The lowest BCUT2D eigenvalue weighted by atomic mass is 9.94. The average Bonchev–Trinajstić information content (AvgIpc) is 2.79. The van der Waals surface area contributed by atoms with Crippen molar-refractivity contribution in [2.45, 2.75) is 31.7 Å². The van der Waals surface area contributed by atoms with Crippen LogP contribution in [-0.2, 0) is 16.6 Å². The minimum absolute atomic E-state index is 0.0338. The number of benzene rings is 2. The first-order chi connectivity index (χ1) is 15.3.